The van der Waals surface area contributed by atoms with Gasteiger partial charge in [-0.05, 0) is 18.4 Å². The number of carbonyl (C=O) groups is 3. The molecule has 0 bridgehead atoms. The third kappa shape index (κ3) is 9.27. The van der Waals surface area contributed by atoms with Crippen LogP contribution < -0.4 is 16.0 Å². The summed E-state index contributed by atoms with van der Waals surface area (Å²) in [4.78, 5) is 35.8. The van der Waals surface area contributed by atoms with Gasteiger partial charge in [0, 0.05) is 26.2 Å². The molecule has 1 saturated heterocycles. The molecule has 1 aliphatic rings. The Morgan fingerprint density at radius 1 is 1.14 bits per heavy atom. The molecule has 8 nitrogen and oxygen atoms in total. The van der Waals surface area contributed by atoms with E-state index >= 15 is 0 Å². The topological polar surface area (TPSA) is 127 Å². The molecule has 1 fully saturated rings. The molecule has 0 aromatic heterocycles. The Morgan fingerprint density at radius 3 is 2.45 bits per heavy atom. The first-order valence-electron chi connectivity index (χ1n) is 9.71. The molecule has 3 atom stereocenters. The number of nitrogens with one attached hydrogen (secondary N) is 3. The van der Waals surface area contributed by atoms with E-state index in [2.05, 4.69) is 22.9 Å². The van der Waals surface area contributed by atoms with E-state index in [0.29, 0.717) is 26.0 Å². The first kappa shape index (κ1) is 25.6. The predicted octanol–water partition coefficient (Wildman–Crippen LogP) is -0.187. The van der Waals surface area contributed by atoms with E-state index in [0.717, 1.165) is 25.0 Å². The second-order valence-corrected chi connectivity index (χ2v) is 6.82. The maximum absolute atomic E-state index is 12.6. The summed E-state index contributed by atoms with van der Waals surface area (Å²) < 4.78 is 5.47. The van der Waals surface area contributed by atoms with Crippen LogP contribution in [0.1, 0.15) is 31.7 Å². The summed E-state index contributed by atoms with van der Waals surface area (Å²) in [5, 5.41) is 17.0. The van der Waals surface area contributed by atoms with Crippen LogP contribution in [0.15, 0.2) is 30.3 Å². The number of aliphatic carboxylic acids is 1. The summed E-state index contributed by atoms with van der Waals surface area (Å²) in [6.45, 7) is 3.84. The Bertz CT molecular complexity index is 659. The Kier molecular flexibility index (Phi) is 12.1. The van der Waals surface area contributed by atoms with E-state index in [9.17, 15) is 14.4 Å². The number of unbranched alkanes of at least 4 members (excludes halogenated alkanes) is 1. The molecule has 0 radical (unpaired) electrons. The van der Waals surface area contributed by atoms with Crippen molar-refractivity contribution in [3.05, 3.63) is 35.9 Å². The molecule has 1 aliphatic heterocycles. The zero-order chi connectivity index (χ0) is 20.4. The SMILES string of the molecule is CCCCOCCCNC(=O)[C@H](Cc1ccccc1)NC(=O)[C@H]1N[C@@H]1C(=O)O.[NaH]. The molecular weight excluding hydrogens is 385 g/mol. The van der Waals surface area contributed by atoms with Gasteiger partial charge in [-0.15, -0.1) is 0 Å². The number of carbonyl (C=O) groups excluding carboxylic acids is 2. The molecule has 0 aliphatic carbocycles. The number of carboxylic acid groups (broad SMARTS) is 1. The first-order chi connectivity index (χ1) is 13.5. The summed E-state index contributed by atoms with van der Waals surface area (Å²) in [5.41, 5.74) is 0.907. The molecule has 4 N–H and O–H groups in total. The number of ether oxygens (including phenoxy) is 1. The minimum atomic E-state index is -1.08. The van der Waals surface area contributed by atoms with Crippen molar-refractivity contribution in [1.82, 2.24) is 16.0 Å². The Labute approximate surface area is 193 Å². The molecule has 1 aromatic rings. The Hall–Kier alpha value is -1.45. The number of hydrogen-bond acceptors (Lipinski definition) is 5. The Balaban J connectivity index is 0.00000420. The molecule has 2 rings (SSSR count). The van der Waals surface area contributed by atoms with Crippen LogP contribution in [-0.4, -0.2) is 90.3 Å². The van der Waals surface area contributed by atoms with Gasteiger partial charge >= 0.3 is 35.5 Å². The quantitative estimate of drug-likeness (QED) is 0.201. The van der Waals surface area contributed by atoms with Crippen molar-refractivity contribution >= 4 is 47.3 Å². The molecule has 0 spiro atoms. The number of hydrogen-bond donors (Lipinski definition) is 4. The van der Waals surface area contributed by atoms with Crippen molar-refractivity contribution < 1.29 is 24.2 Å². The molecule has 156 valence electrons. The van der Waals surface area contributed by atoms with Gasteiger partial charge in [0.05, 0.1) is 0 Å². The standard InChI is InChI=1S/C20H29N3O5.Na.H/c1-2-3-11-28-12-7-10-21-18(24)15(13-14-8-5-4-6-9-14)22-19(25)16-17(23-16)20(26)27;;/h4-6,8-9,15-17,23H,2-3,7,10-13H2,1H3,(H,21,24)(H,22,25)(H,26,27);;/t15-,16-,17-;;/m0../s1. The third-order valence-electron chi connectivity index (χ3n) is 4.45. The average Bonchev–Trinajstić information content (AvgIpc) is 3.49. The van der Waals surface area contributed by atoms with Gasteiger partial charge in [0.25, 0.3) is 0 Å². The minimum absolute atomic E-state index is 0. The van der Waals surface area contributed by atoms with Crippen LogP contribution in [0.4, 0.5) is 0 Å². The van der Waals surface area contributed by atoms with Gasteiger partial charge < -0.3 is 20.5 Å². The van der Waals surface area contributed by atoms with Crippen molar-refractivity contribution in [2.24, 2.45) is 0 Å². The summed E-state index contributed by atoms with van der Waals surface area (Å²) in [5.74, 6) is -1.85. The number of benzene rings is 1. The molecule has 1 heterocycles. The monoisotopic (exact) mass is 415 g/mol. The van der Waals surface area contributed by atoms with Crippen LogP contribution in [0, 0.1) is 0 Å². The van der Waals surface area contributed by atoms with Crippen molar-refractivity contribution in [2.75, 3.05) is 19.8 Å². The van der Waals surface area contributed by atoms with Gasteiger partial charge in [-0.2, -0.15) is 0 Å². The first-order valence-corrected chi connectivity index (χ1v) is 9.71. The normalized spacial score (nSPS) is 18.2. The van der Waals surface area contributed by atoms with E-state index in [-0.39, 0.29) is 35.5 Å². The van der Waals surface area contributed by atoms with Crippen molar-refractivity contribution in [2.45, 2.75) is 50.7 Å². The van der Waals surface area contributed by atoms with Crippen LogP contribution >= 0.6 is 0 Å². The second kappa shape index (κ2) is 13.7. The number of carboxylic acids is 1. The molecule has 9 heteroatoms. The van der Waals surface area contributed by atoms with E-state index < -0.39 is 30.0 Å². The van der Waals surface area contributed by atoms with E-state index in [4.69, 9.17) is 9.84 Å². The van der Waals surface area contributed by atoms with Crippen LogP contribution in [-0.2, 0) is 25.5 Å². The van der Waals surface area contributed by atoms with Gasteiger partial charge in [0.15, 0.2) is 0 Å². The zero-order valence-corrected chi connectivity index (χ0v) is 16.1. The van der Waals surface area contributed by atoms with Gasteiger partial charge in [-0.3, -0.25) is 19.7 Å². The summed E-state index contributed by atoms with van der Waals surface area (Å²) in [6, 6.07) is 6.91. The third-order valence-corrected chi connectivity index (χ3v) is 4.45. The number of rotatable bonds is 13. The predicted molar refractivity (Wildman–Crippen MR) is 111 cm³/mol. The van der Waals surface area contributed by atoms with Gasteiger partial charge in [-0.1, -0.05) is 43.7 Å². The summed E-state index contributed by atoms with van der Waals surface area (Å²) in [6.07, 6.45) is 3.11. The maximum atomic E-state index is 12.6. The molecule has 0 unspecified atom stereocenters. The molecular formula is C20H30N3NaO5. The van der Waals surface area contributed by atoms with Crippen molar-refractivity contribution in [3.63, 3.8) is 0 Å². The van der Waals surface area contributed by atoms with E-state index in [1.54, 1.807) is 0 Å². The fraction of sp³-hybridized carbons (Fsp3) is 0.550. The molecule has 29 heavy (non-hydrogen) atoms. The zero-order valence-electron chi connectivity index (χ0n) is 16.1. The summed E-state index contributed by atoms with van der Waals surface area (Å²) >= 11 is 0. The molecule has 2 amide bonds. The van der Waals surface area contributed by atoms with Gasteiger partial charge in [0.1, 0.15) is 18.1 Å². The number of amides is 2. The van der Waals surface area contributed by atoms with E-state index in [1.807, 2.05) is 30.3 Å². The van der Waals surface area contributed by atoms with Gasteiger partial charge in [0.2, 0.25) is 11.8 Å². The molecule has 1 aromatic carbocycles. The fourth-order valence-electron chi connectivity index (χ4n) is 2.76. The van der Waals surface area contributed by atoms with Crippen LogP contribution in [0.5, 0.6) is 0 Å². The van der Waals surface area contributed by atoms with Crippen molar-refractivity contribution in [1.29, 1.82) is 0 Å². The summed E-state index contributed by atoms with van der Waals surface area (Å²) in [7, 11) is 0. The Morgan fingerprint density at radius 2 is 1.83 bits per heavy atom. The van der Waals surface area contributed by atoms with Crippen molar-refractivity contribution in [3.8, 4) is 0 Å². The molecule has 0 saturated carbocycles. The van der Waals surface area contributed by atoms with Crippen LogP contribution in [0.25, 0.3) is 0 Å². The fourth-order valence-corrected chi connectivity index (χ4v) is 2.76. The van der Waals surface area contributed by atoms with Crippen LogP contribution in [0.3, 0.4) is 0 Å². The second-order valence-electron chi connectivity index (χ2n) is 6.82. The van der Waals surface area contributed by atoms with Crippen LogP contribution in [0.2, 0.25) is 0 Å². The van der Waals surface area contributed by atoms with Gasteiger partial charge in [-0.25, -0.2) is 0 Å². The van der Waals surface area contributed by atoms with E-state index in [1.165, 1.54) is 0 Å². The average molecular weight is 415 g/mol.